The van der Waals surface area contributed by atoms with Gasteiger partial charge in [0.25, 0.3) is 0 Å². The van der Waals surface area contributed by atoms with Crippen LogP contribution in [0.15, 0.2) is 28.7 Å². The van der Waals surface area contributed by atoms with Crippen LogP contribution in [0.4, 0.5) is 4.79 Å². The van der Waals surface area contributed by atoms with E-state index in [1.807, 2.05) is 31.2 Å². The maximum absolute atomic E-state index is 12.1. The fourth-order valence-electron chi connectivity index (χ4n) is 2.27. The van der Waals surface area contributed by atoms with Crippen LogP contribution in [-0.4, -0.2) is 42.2 Å². The summed E-state index contributed by atoms with van der Waals surface area (Å²) < 4.78 is 11.4. The summed E-state index contributed by atoms with van der Waals surface area (Å²) >= 11 is 0. The molecule has 0 radical (unpaired) electrons. The zero-order chi connectivity index (χ0) is 17.7. The van der Waals surface area contributed by atoms with Gasteiger partial charge in [-0.05, 0) is 26.0 Å². The van der Waals surface area contributed by atoms with Crippen molar-refractivity contribution in [2.24, 2.45) is 0 Å². The summed E-state index contributed by atoms with van der Waals surface area (Å²) in [6.45, 7) is 4.39. The molecule has 0 aliphatic heterocycles. The van der Waals surface area contributed by atoms with Crippen molar-refractivity contribution in [1.29, 1.82) is 0 Å². The van der Waals surface area contributed by atoms with E-state index in [-0.39, 0.29) is 25.0 Å². The van der Waals surface area contributed by atoms with Gasteiger partial charge in [0.2, 0.25) is 0 Å². The minimum atomic E-state index is -0.941. The Morgan fingerprint density at radius 3 is 2.83 bits per heavy atom. The normalized spacial score (nSPS) is 12.0. The van der Waals surface area contributed by atoms with Crippen molar-refractivity contribution in [3.63, 3.8) is 0 Å². The minimum Gasteiger partial charge on any atom is -0.490 e. The number of carbonyl (C=O) groups is 2. The highest BCUT2D eigenvalue weighted by Gasteiger charge is 2.18. The van der Waals surface area contributed by atoms with Crippen molar-refractivity contribution in [2.75, 3.05) is 20.2 Å². The van der Waals surface area contributed by atoms with Crippen molar-refractivity contribution in [2.45, 2.75) is 26.3 Å². The highest BCUT2D eigenvalue weighted by molar-refractivity contribution is 5.84. The average molecular weight is 334 g/mol. The molecule has 2 amide bonds. The average Bonchev–Trinajstić information content (AvgIpc) is 2.98. The molecular formula is C17H22N2O5. The molecule has 0 spiro atoms. The molecule has 2 aromatic rings. The SMILES string of the molecule is CCOc1cccc2cc(C(C)NC(=O)N(C)CCC(=O)O)oc12. The molecule has 1 atom stereocenters. The summed E-state index contributed by atoms with van der Waals surface area (Å²) in [4.78, 5) is 24.0. The molecule has 2 rings (SSSR count). The number of nitrogens with one attached hydrogen (secondary N) is 1. The summed E-state index contributed by atoms with van der Waals surface area (Å²) in [7, 11) is 1.55. The van der Waals surface area contributed by atoms with E-state index < -0.39 is 5.97 Å². The monoisotopic (exact) mass is 334 g/mol. The van der Waals surface area contributed by atoms with Gasteiger partial charge >= 0.3 is 12.0 Å². The number of rotatable bonds is 7. The Labute approximate surface area is 140 Å². The van der Waals surface area contributed by atoms with Crippen LogP contribution in [0.2, 0.25) is 0 Å². The smallest absolute Gasteiger partial charge is 0.317 e. The van der Waals surface area contributed by atoms with E-state index in [1.54, 1.807) is 14.0 Å². The van der Waals surface area contributed by atoms with E-state index in [9.17, 15) is 9.59 Å². The Balaban J connectivity index is 2.08. The zero-order valence-electron chi connectivity index (χ0n) is 14.0. The number of nitrogens with zero attached hydrogens (tertiary/aromatic N) is 1. The molecule has 0 saturated carbocycles. The lowest BCUT2D eigenvalue weighted by atomic mass is 10.2. The van der Waals surface area contributed by atoms with Crippen LogP contribution in [0.1, 0.15) is 32.1 Å². The standard InChI is InChI=1S/C17H22N2O5/c1-4-23-13-7-5-6-12-10-14(24-16(12)13)11(2)18-17(22)19(3)9-8-15(20)21/h5-7,10-11H,4,8-9H2,1-3H3,(H,18,22)(H,20,21). The van der Waals surface area contributed by atoms with E-state index in [4.69, 9.17) is 14.3 Å². The lowest BCUT2D eigenvalue weighted by Gasteiger charge is -2.19. The minimum absolute atomic E-state index is 0.0966. The Hall–Kier alpha value is -2.70. The van der Waals surface area contributed by atoms with Crippen LogP contribution in [0.5, 0.6) is 5.75 Å². The van der Waals surface area contributed by atoms with Crippen molar-refractivity contribution in [3.05, 3.63) is 30.0 Å². The van der Waals surface area contributed by atoms with Crippen LogP contribution in [0.25, 0.3) is 11.0 Å². The molecule has 2 N–H and O–H groups in total. The predicted octanol–water partition coefficient (Wildman–Crippen LogP) is 3.01. The fraction of sp³-hybridized carbons (Fsp3) is 0.412. The zero-order valence-corrected chi connectivity index (χ0v) is 14.0. The van der Waals surface area contributed by atoms with Crippen LogP contribution in [-0.2, 0) is 4.79 Å². The first-order chi connectivity index (χ1) is 11.4. The van der Waals surface area contributed by atoms with Crippen LogP contribution < -0.4 is 10.1 Å². The number of urea groups is 1. The molecule has 7 heteroatoms. The molecule has 0 bridgehead atoms. The van der Waals surface area contributed by atoms with E-state index in [0.717, 1.165) is 5.39 Å². The summed E-state index contributed by atoms with van der Waals surface area (Å²) in [5, 5.41) is 12.4. The summed E-state index contributed by atoms with van der Waals surface area (Å²) in [5.41, 5.74) is 0.648. The van der Waals surface area contributed by atoms with E-state index in [0.29, 0.717) is 23.7 Å². The third-order valence-electron chi connectivity index (χ3n) is 3.60. The Kier molecular flexibility index (Phi) is 5.68. The van der Waals surface area contributed by atoms with E-state index in [2.05, 4.69) is 5.32 Å². The number of ether oxygens (including phenoxy) is 1. The lowest BCUT2D eigenvalue weighted by Crippen LogP contribution is -2.39. The fourth-order valence-corrected chi connectivity index (χ4v) is 2.27. The lowest BCUT2D eigenvalue weighted by molar-refractivity contribution is -0.137. The Bertz CT molecular complexity index is 725. The quantitative estimate of drug-likeness (QED) is 0.812. The van der Waals surface area contributed by atoms with Gasteiger partial charge in [0, 0.05) is 19.0 Å². The van der Waals surface area contributed by atoms with Gasteiger partial charge in [-0.15, -0.1) is 0 Å². The topological polar surface area (TPSA) is 92.0 Å². The van der Waals surface area contributed by atoms with E-state index in [1.165, 1.54) is 4.90 Å². The predicted molar refractivity (Wildman–Crippen MR) is 89.2 cm³/mol. The highest BCUT2D eigenvalue weighted by atomic mass is 16.5. The van der Waals surface area contributed by atoms with Gasteiger partial charge in [-0.25, -0.2) is 4.79 Å². The van der Waals surface area contributed by atoms with Gasteiger partial charge in [0.15, 0.2) is 11.3 Å². The Morgan fingerprint density at radius 2 is 2.17 bits per heavy atom. The van der Waals surface area contributed by atoms with Gasteiger partial charge in [-0.3, -0.25) is 4.79 Å². The Morgan fingerprint density at radius 1 is 1.42 bits per heavy atom. The summed E-state index contributed by atoms with van der Waals surface area (Å²) in [6, 6.07) is 6.79. The number of carbonyl (C=O) groups excluding carboxylic acids is 1. The number of hydrogen-bond acceptors (Lipinski definition) is 4. The van der Waals surface area contributed by atoms with Gasteiger partial charge in [0.1, 0.15) is 5.76 Å². The second kappa shape index (κ2) is 7.72. The first-order valence-corrected chi connectivity index (χ1v) is 7.81. The van der Waals surface area contributed by atoms with Crippen LogP contribution >= 0.6 is 0 Å². The third-order valence-corrected chi connectivity index (χ3v) is 3.60. The highest BCUT2D eigenvalue weighted by Crippen LogP contribution is 2.31. The number of furan rings is 1. The van der Waals surface area contributed by atoms with Crippen molar-refractivity contribution in [1.82, 2.24) is 10.2 Å². The number of amides is 2. The molecule has 130 valence electrons. The van der Waals surface area contributed by atoms with Gasteiger partial charge in [0.05, 0.1) is 19.1 Å². The summed E-state index contributed by atoms with van der Waals surface area (Å²) in [5.74, 6) is 0.332. The molecule has 0 aliphatic rings. The maximum atomic E-state index is 12.1. The number of aliphatic carboxylic acids is 1. The molecule has 1 aromatic carbocycles. The molecule has 0 aliphatic carbocycles. The number of carboxylic acid groups (broad SMARTS) is 1. The number of fused-ring (bicyclic) bond motifs is 1. The largest absolute Gasteiger partial charge is 0.490 e. The number of hydrogen-bond donors (Lipinski definition) is 2. The number of carboxylic acids is 1. The maximum Gasteiger partial charge on any atom is 0.317 e. The molecule has 0 saturated heterocycles. The molecule has 1 aromatic heterocycles. The first kappa shape index (κ1) is 17.7. The molecule has 0 fully saturated rings. The molecule has 7 nitrogen and oxygen atoms in total. The number of benzene rings is 1. The van der Waals surface area contributed by atoms with Crippen molar-refractivity contribution in [3.8, 4) is 5.75 Å². The molecule has 24 heavy (non-hydrogen) atoms. The molecule has 1 heterocycles. The van der Waals surface area contributed by atoms with E-state index >= 15 is 0 Å². The van der Waals surface area contributed by atoms with Gasteiger partial charge in [-0.1, -0.05) is 12.1 Å². The van der Waals surface area contributed by atoms with Gasteiger partial charge < -0.3 is 24.5 Å². The van der Waals surface area contributed by atoms with Crippen molar-refractivity contribution >= 4 is 23.0 Å². The van der Waals surface area contributed by atoms with Crippen molar-refractivity contribution < 1.29 is 23.8 Å². The molecule has 1 unspecified atom stereocenters. The first-order valence-electron chi connectivity index (χ1n) is 7.81. The summed E-state index contributed by atoms with van der Waals surface area (Å²) in [6.07, 6.45) is -0.0966. The van der Waals surface area contributed by atoms with Crippen LogP contribution in [0.3, 0.4) is 0 Å². The third kappa shape index (κ3) is 4.18. The molecular weight excluding hydrogens is 312 g/mol. The number of para-hydroxylation sites is 1. The second-order valence-electron chi connectivity index (χ2n) is 5.49. The second-order valence-corrected chi connectivity index (χ2v) is 5.49. The van der Waals surface area contributed by atoms with Crippen LogP contribution in [0, 0.1) is 0 Å². The van der Waals surface area contributed by atoms with Gasteiger partial charge in [-0.2, -0.15) is 0 Å².